The Hall–Kier alpha value is -1.55. The number of hydrogen-bond acceptors (Lipinski definition) is 3. The van der Waals surface area contributed by atoms with Gasteiger partial charge in [0.15, 0.2) is 0 Å². The lowest BCUT2D eigenvalue weighted by atomic mass is 10.1. The van der Waals surface area contributed by atoms with Gasteiger partial charge < -0.3 is 9.84 Å². The summed E-state index contributed by atoms with van der Waals surface area (Å²) in [5.41, 5.74) is 0.255. The normalized spacial score (nSPS) is 24.3. The minimum atomic E-state index is -0.949. The van der Waals surface area contributed by atoms with Crippen LogP contribution in [0, 0.1) is 0 Å². The Morgan fingerprint density at radius 3 is 2.53 bits per heavy atom. The predicted molar refractivity (Wildman–Crippen MR) is 62.5 cm³/mol. The molecule has 1 saturated carbocycles. The molecule has 0 saturated heterocycles. The average molecular weight is 252 g/mol. The standard InChI is InChI=1S/C12H10ClNO3/c13-8-3-1-7(2-4-8)10-14-12(5-6-12)9(17-10)11(15)16/h1-4,9H,5-6H2,(H,15,16)/t9-/m1/s1. The van der Waals surface area contributed by atoms with Crippen molar-refractivity contribution in [2.45, 2.75) is 24.5 Å². The summed E-state index contributed by atoms with van der Waals surface area (Å²) in [6.07, 6.45) is 0.718. The van der Waals surface area contributed by atoms with Gasteiger partial charge in [0.25, 0.3) is 0 Å². The topological polar surface area (TPSA) is 58.9 Å². The maximum atomic E-state index is 11.1. The number of carboxylic acids is 1. The summed E-state index contributed by atoms with van der Waals surface area (Å²) >= 11 is 5.79. The third-order valence-electron chi connectivity index (χ3n) is 3.12. The number of aliphatic carboxylic acids is 1. The number of halogens is 1. The van der Waals surface area contributed by atoms with Gasteiger partial charge in [-0.05, 0) is 37.1 Å². The summed E-state index contributed by atoms with van der Waals surface area (Å²) in [6, 6.07) is 7.02. The fourth-order valence-electron chi connectivity index (χ4n) is 2.02. The van der Waals surface area contributed by atoms with Gasteiger partial charge in [0.05, 0.1) is 0 Å². The van der Waals surface area contributed by atoms with Crippen LogP contribution in [0.3, 0.4) is 0 Å². The molecule has 1 spiro atoms. The number of carboxylic acid groups (broad SMARTS) is 1. The molecular weight excluding hydrogens is 242 g/mol. The van der Waals surface area contributed by atoms with E-state index < -0.39 is 17.6 Å². The van der Waals surface area contributed by atoms with Crippen LogP contribution < -0.4 is 0 Å². The zero-order valence-electron chi connectivity index (χ0n) is 8.89. The number of carbonyl (C=O) groups is 1. The monoisotopic (exact) mass is 251 g/mol. The lowest BCUT2D eigenvalue weighted by Crippen LogP contribution is -2.32. The van der Waals surface area contributed by atoms with E-state index >= 15 is 0 Å². The van der Waals surface area contributed by atoms with Crippen LogP contribution in [0.15, 0.2) is 29.3 Å². The summed E-state index contributed by atoms with van der Waals surface area (Å²) in [4.78, 5) is 15.5. The molecule has 0 unspecified atom stereocenters. The number of aliphatic imine (C=N–C) groups is 1. The van der Waals surface area contributed by atoms with Gasteiger partial charge in [-0.2, -0.15) is 0 Å². The van der Waals surface area contributed by atoms with Gasteiger partial charge in [-0.1, -0.05) is 11.6 Å². The van der Waals surface area contributed by atoms with E-state index in [2.05, 4.69) is 4.99 Å². The first-order chi connectivity index (χ1) is 8.11. The highest BCUT2D eigenvalue weighted by atomic mass is 35.5. The molecule has 1 heterocycles. The summed E-state index contributed by atoms with van der Waals surface area (Å²) in [7, 11) is 0. The Labute approximate surface area is 103 Å². The van der Waals surface area contributed by atoms with Crippen molar-refractivity contribution in [3.05, 3.63) is 34.9 Å². The number of ether oxygens (including phenoxy) is 1. The molecule has 0 radical (unpaired) electrons. The van der Waals surface area contributed by atoms with Gasteiger partial charge in [-0.15, -0.1) is 0 Å². The second-order valence-corrected chi connectivity index (χ2v) is 4.80. The third-order valence-corrected chi connectivity index (χ3v) is 3.37. The first-order valence-corrected chi connectivity index (χ1v) is 5.74. The number of rotatable bonds is 2. The molecule has 4 nitrogen and oxygen atoms in total. The first kappa shape index (κ1) is 10.6. The summed E-state index contributed by atoms with van der Waals surface area (Å²) in [5, 5.41) is 9.71. The second kappa shape index (κ2) is 3.47. The van der Waals surface area contributed by atoms with Crippen LogP contribution in [0.1, 0.15) is 18.4 Å². The summed E-state index contributed by atoms with van der Waals surface area (Å²) in [6.45, 7) is 0. The molecule has 0 aromatic heterocycles. The zero-order chi connectivity index (χ0) is 12.0. The highest BCUT2D eigenvalue weighted by molar-refractivity contribution is 6.30. The van der Waals surface area contributed by atoms with E-state index in [1.165, 1.54) is 0 Å². The van der Waals surface area contributed by atoms with Crippen molar-refractivity contribution >= 4 is 23.5 Å². The predicted octanol–water partition coefficient (Wildman–Crippen LogP) is 2.10. The second-order valence-electron chi connectivity index (χ2n) is 4.36. The number of benzene rings is 1. The van der Waals surface area contributed by atoms with Gasteiger partial charge in [-0.3, -0.25) is 0 Å². The summed E-state index contributed by atoms with van der Waals surface area (Å²) < 4.78 is 5.43. The van der Waals surface area contributed by atoms with E-state index in [1.54, 1.807) is 24.3 Å². The molecule has 5 heteroatoms. The van der Waals surface area contributed by atoms with Crippen LogP contribution in [-0.2, 0) is 9.53 Å². The van der Waals surface area contributed by atoms with Gasteiger partial charge in [-0.25, -0.2) is 9.79 Å². The largest absolute Gasteiger partial charge is 0.478 e. The van der Waals surface area contributed by atoms with E-state index in [0.717, 1.165) is 18.4 Å². The van der Waals surface area contributed by atoms with Crippen molar-refractivity contribution in [1.29, 1.82) is 0 Å². The minimum Gasteiger partial charge on any atom is -0.478 e. The molecule has 17 heavy (non-hydrogen) atoms. The van der Waals surface area contributed by atoms with E-state index in [0.29, 0.717) is 10.9 Å². The quantitative estimate of drug-likeness (QED) is 0.876. The van der Waals surface area contributed by atoms with Crippen molar-refractivity contribution in [2.75, 3.05) is 0 Å². The van der Waals surface area contributed by atoms with Crippen molar-refractivity contribution in [3.63, 3.8) is 0 Å². The van der Waals surface area contributed by atoms with Crippen LogP contribution >= 0.6 is 11.6 Å². The highest BCUT2D eigenvalue weighted by Crippen LogP contribution is 2.48. The molecule has 3 rings (SSSR count). The Morgan fingerprint density at radius 1 is 1.41 bits per heavy atom. The van der Waals surface area contributed by atoms with Crippen LogP contribution in [0.5, 0.6) is 0 Å². The van der Waals surface area contributed by atoms with Gasteiger partial charge in [0.1, 0.15) is 5.54 Å². The molecule has 1 aromatic carbocycles. The minimum absolute atomic E-state index is 0.409. The third kappa shape index (κ3) is 1.69. The van der Waals surface area contributed by atoms with Crippen LogP contribution in [0.2, 0.25) is 5.02 Å². The smallest absolute Gasteiger partial charge is 0.347 e. The molecule has 1 N–H and O–H groups in total. The number of hydrogen-bond donors (Lipinski definition) is 1. The van der Waals surface area contributed by atoms with E-state index in [-0.39, 0.29) is 0 Å². The average Bonchev–Trinajstić information content (AvgIpc) is 2.93. The Balaban J connectivity index is 1.91. The fraction of sp³-hybridized carbons (Fsp3) is 0.333. The Morgan fingerprint density at radius 2 is 2.06 bits per heavy atom. The Kier molecular flexibility index (Phi) is 2.16. The van der Waals surface area contributed by atoms with E-state index in [4.69, 9.17) is 21.4 Å². The SMILES string of the molecule is O=C(O)[C@H]1OC(c2ccc(Cl)cc2)=NC12CC2. The molecule has 1 fully saturated rings. The molecule has 1 atom stereocenters. The molecule has 88 valence electrons. The van der Waals surface area contributed by atoms with Gasteiger partial charge >= 0.3 is 5.97 Å². The van der Waals surface area contributed by atoms with Crippen molar-refractivity contribution < 1.29 is 14.6 Å². The molecule has 2 aliphatic rings. The van der Waals surface area contributed by atoms with Crippen LogP contribution in [0.4, 0.5) is 0 Å². The van der Waals surface area contributed by atoms with Crippen molar-refractivity contribution in [3.8, 4) is 0 Å². The first-order valence-electron chi connectivity index (χ1n) is 5.36. The zero-order valence-corrected chi connectivity index (χ0v) is 9.65. The molecule has 0 bridgehead atoms. The molecule has 0 amide bonds. The van der Waals surface area contributed by atoms with Crippen molar-refractivity contribution in [2.24, 2.45) is 4.99 Å². The van der Waals surface area contributed by atoms with Gasteiger partial charge in [0, 0.05) is 10.6 Å². The lowest BCUT2D eigenvalue weighted by Gasteiger charge is -2.10. The maximum Gasteiger partial charge on any atom is 0.347 e. The van der Waals surface area contributed by atoms with Crippen LogP contribution in [0.25, 0.3) is 0 Å². The van der Waals surface area contributed by atoms with Crippen molar-refractivity contribution in [1.82, 2.24) is 0 Å². The molecule has 1 aromatic rings. The molecule has 1 aliphatic heterocycles. The molecular formula is C12H10ClNO3. The Bertz CT molecular complexity index is 505. The van der Waals surface area contributed by atoms with Crippen LogP contribution in [-0.4, -0.2) is 28.6 Å². The highest BCUT2D eigenvalue weighted by Gasteiger charge is 2.59. The van der Waals surface area contributed by atoms with Gasteiger partial charge in [0.2, 0.25) is 12.0 Å². The summed E-state index contributed by atoms with van der Waals surface area (Å²) in [5.74, 6) is -0.540. The lowest BCUT2D eigenvalue weighted by molar-refractivity contribution is -0.146. The molecule has 1 aliphatic carbocycles. The maximum absolute atomic E-state index is 11.1. The fourth-order valence-corrected chi connectivity index (χ4v) is 2.14. The van der Waals surface area contributed by atoms with E-state index in [1.807, 2.05) is 0 Å². The number of nitrogens with zero attached hydrogens (tertiary/aromatic N) is 1. The van der Waals surface area contributed by atoms with E-state index in [9.17, 15) is 4.79 Å².